The van der Waals surface area contributed by atoms with Gasteiger partial charge in [-0.15, -0.1) is 0 Å². The number of carbonyl (C=O) groups is 1. The number of aromatic nitrogens is 5. The first kappa shape index (κ1) is 23.5. The highest BCUT2D eigenvalue weighted by molar-refractivity contribution is 5.89. The third-order valence-electron chi connectivity index (χ3n) is 5.43. The number of pyridine rings is 1. The number of nitrogens with zero attached hydrogens (tertiary/aromatic N) is 5. The fourth-order valence-corrected chi connectivity index (χ4v) is 3.67. The lowest BCUT2D eigenvalue weighted by Crippen LogP contribution is -2.08. The average Bonchev–Trinajstić information content (AvgIpc) is 3.26. The van der Waals surface area contributed by atoms with Crippen LogP contribution in [0.2, 0.25) is 0 Å². The van der Waals surface area contributed by atoms with Crippen LogP contribution in [0, 0.1) is 25.7 Å². The Balaban J connectivity index is 1.52. The number of nitrogen functional groups attached to an aromatic ring is 1. The van der Waals surface area contributed by atoms with E-state index in [1.807, 2.05) is 18.4 Å². The summed E-state index contributed by atoms with van der Waals surface area (Å²) in [6.45, 7) is 4.70. The maximum atomic E-state index is 11.5. The number of methoxy groups -OCH3 is 2. The van der Waals surface area contributed by atoms with Gasteiger partial charge in [0.25, 0.3) is 0 Å². The molecule has 0 amide bonds. The van der Waals surface area contributed by atoms with Crippen LogP contribution in [0.3, 0.4) is 0 Å². The highest BCUT2D eigenvalue weighted by Gasteiger charge is 2.15. The Hall–Kier alpha value is -4.65. The molecular formula is C25H25N7O3. The molecular weight excluding hydrogens is 446 g/mol. The van der Waals surface area contributed by atoms with E-state index in [0.717, 1.165) is 28.1 Å². The lowest BCUT2D eigenvalue weighted by Gasteiger charge is -2.13. The summed E-state index contributed by atoms with van der Waals surface area (Å²) in [5.41, 5.74) is 11.2. The van der Waals surface area contributed by atoms with E-state index in [9.17, 15) is 4.79 Å². The number of rotatable bonds is 6. The molecule has 0 radical (unpaired) electrons. The van der Waals surface area contributed by atoms with Crippen LogP contribution in [0.4, 0.5) is 11.8 Å². The normalized spacial score (nSPS) is 10.5. The number of fused-ring (bicyclic) bond motifs is 1. The number of aryl methyl sites for hydroxylation is 1. The van der Waals surface area contributed by atoms with Crippen molar-refractivity contribution in [3.63, 3.8) is 0 Å². The third kappa shape index (κ3) is 4.99. The second kappa shape index (κ2) is 10.1. The van der Waals surface area contributed by atoms with Gasteiger partial charge in [-0.1, -0.05) is 11.8 Å². The van der Waals surface area contributed by atoms with Gasteiger partial charge in [0.15, 0.2) is 17.0 Å². The first-order valence-electron chi connectivity index (χ1n) is 10.8. The summed E-state index contributed by atoms with van der Waals surface area (Å²) in [4.78, 5) is 29.2. The van der Waals surface area contributed by atoms with Crippen molar-refractivity contribution >= 4 is 28.9 Å². The van der Waals surface area contributed by atoms with Crippen LogP contribution < -0.4 is 15.8 Å². The molecule has 1 aromatic carbocycles. The summed E-state index contributed by atoms with van der Waals surface area (Å²) >= 11 is 0. The monoisotopic (exact) mass is 471 g/mol. The summed E-state index contributed by atoms with van der Waals surface area (Å²) in [6, 6.07) is 6.87. The van der Waals surface area contributed by atoms with Gasteiger partial charge in [-0.2, -0.15) is 9.97 Å². The van der Waals surface area contributed by atoms with Gasteiger partial charge in [-0.25, -0.2) is 9.78 Å². The number of ether oxygens (including phenoxy) is 2. The molecule has 0 aliphatic heterocycles. The van der Waals surface area contributed by atoms with E-state index >= 15 is 0 Å². The molecule has 3 aromatic heterocycles. The summed E-state index contributed by atoms with van der Waals surface area (Å²) in [7, 11) is 3.00. The molecule has 0 fully saturated rings. The Bertz CT molecular complexity index is 1450. The SMILES string of the molecule is COC(=O)c1ccc(C#CCNc2nc(N)nc3c2ncn3Cc2ncc(C)c(OC)c2C)cc1. The van der Waals surface area contributed by atoms with Gasteiger partial charge in [0.05, 0.1) is 44.9 Å². The first-order valence-corrected chi connectivity index (χ1v) is 10.8. The van der Waals surface area contributed by atoms with Crippen LogP contribution in [-0.2, 0) is 11.3 Å². The topological polar surface area (TPSA) is 130 Å². The van der Waals surface area contributed by atoms with E-state index in [0.29, 0.717) is 35.6 Å². The van der Waals surface area contributed by atoms with Crippen LogP contribution in [0.1, 0.15) is 32.7 Å². The van der Waals surface area contributed by atoms with Gasteiger partial charge in [0.2, 0.25) is 5.95 Å². The van der Waals surface area contributed by atoms with Crippen LogP contribution in [-0.4, -0.2) is 51.2 Å². The van der Waals surface area contributed by atoms with Gasteiger partial charge in [0, 0.05) is 22.9 Å². The minimum absolute atomic E-state index is 0.124. The van der Waals surface area contributed by atoms with Crippen molar-refractivity contribution in [3.05, 3.63) is 64.7 Å². The Morgan fingerprint density at radius 3 is 2.63 bits per heavy atom. The molecule has 0 aliphatic carbocycles. The first-order chi connectivity index (χ1) is 16.9. The van der Waals surface area contributed by atoms with E-state index in [4.69, 9.17) is 15.2 Å². The molecule has 10 nitrogen and oxygen atoms in total. The zero-order chi connectivity index (χ0) is 24.9. The van der Waals surface area contributed by atoms with Crippen molar-refractivity contribution in [2.75, 3.05) is 31.8 Å². The summed E-state index contributed by atoms with van der Waals surface area (Å²) in [5, 5.41) is 3.16. The van der Waals surface area contributed by atoms with Gasteiger partial charge in [-0.3, -0.25) is 4.98 Å². The van der Waals surface area contributed by atoms with Crippen molar-refractivity contribution in [3.8, 4) is 17.6 Å². The fraction of sp³-hybridized carbons (Fsp3) is 0.240. The number of nitrogens with one attached hydrogen (secondary N) is 1. The van der Waals surface area contributed by atoms with E-state index in [-0.39, 0.29) is 11.9 Å². The number of carbonyl (C=O) groups excluding carboxylic acids is 1. The lowest BCUT2D eigenvalue weighted by atomic mass is 10.1. The largest absolute Gasteiger partial charge is 0.496 e. The van der Waals surface area contributed by atoms with Crippen LogP contribution in [0.5, 0.6) is 5.75 Å². The lowest BCUT2D eigenvalue weighted by molar-refractivity contribution is 0.0600. The fourth-order valence-electron chi connectivity index (χ4n) is 3.67. The summed E-state index contributed by atoms with van der Waals surface area (Å²) in [5.74, 6) is 7.11. The number of nitrogens with two attached hydrogens (primary N) is 1. The molecule has 4 rings (SSSR count). The molecule has 0 unspecified atom stereocenters. The Kier molecular flexibility index (Phi) is 6.78. The van der Waals surface area contributed by atoms with Crippen molar-refractivity contribution in [2.24, 2.45) is 0 Å². The molecule has 10 heteroatoms. The molecule has 0 bridgehead atoms. The highest BCUT2D eigenvalue weighted by Crippen LogP contribution is 2.26. The molecule has 178 valence electrons. The van der Waals surface area contributed by atoms with Gasteiger partial charge in [0.1, 0.15) is 5.75 Å². The number of hydrogen-bond donors (Lipinski definition) is 2. The number of benzene rings is 1. The average molecular weight is 472 g/mol. The molecule has 0 atom stereocenters. The van der Waals surface area contributed by atoms with Crippen molar-refractivity contribution in [2.45, 2.75) is 20.4 Å². The second-order valence-corrected chi connectivity index (χ2v) is 7.75. The van der Waals surface area contributed by atoms with Gasteiger partial charge < -0.3 is 25.1 Å². The summed E-state index contributed by atoms with van der Waals surface area (Å²) < 4.78 is 12.1. The minimum Gasteiger partial charge on any atom is -0.496 e. The number of esters is 1. The highest BCUT2D eigenvalue weighted by atomic mass is 16.5. The smallest absolute Gasteiger partial charge is 0.337 e. The summed E-state index contributed by atoms with van der Waals surface area (Å²) in [6.07, 6.45) is 3.48. The standard InChI is InChI=1S/C25H25N7O3/c1-15-12-28-19(16(2)21(15)34-3)13-32-14-29-20-22(30-25(26)31-23(20)32)27-11-5-6-17-7-9-18(10-8-17)24(33)35-4/h7-10,12,14H,11,13H2,1-4H3,(H3,26,27,30,31). The van der Waals surface area contributed by atoms with Crippen molar-refractivity contribution in [1.82, 2.24) is 24.5 Å². The second-order valence-electron chi connectivity index (χ2n) is 7.75. The maximum Gasteiger partial charge on any atom is 0.337 e. The van der Waals surface area contributed by atoms with Crippen LogP contribution in [0.25, 0.3) is 11.2 Å². The molecule has 3 heterocycles. The maximum absolute atomic E-state index is 11.5. The van der Waals surface area contributed by atoms with E-state index in [1.165, 1.54) is 7.11 Å². The number of hydrogen-bond acceptors (Lipinski definition) is 9. The molecule has 0 spiro atoms. The molecule has 0 saturated heterocycles. The quantitative estimate of drug-likeness (QED) is 0.322. The van der Waals surface area contributed by atoms with Gasteiger partial charge >= 0.3 is 5.97 Å². The van der Waals surface area contributed by atoms with Crippen molar-refractivity contribution < 1.29 is 14.3 Å². The Morgan fingerprint density at radius 2 is 1.91 bits per heavy atom. The predicted molar refractivity (Wildman–Crippen MR) is 132 cm³/mol. The molecule has 0 saturated carbocycles. The number of anilines is 2. The zero-order valence-corrected chi connectivity index (χ0v) is 19.9. The molecule has 35 heavy (non-hydrogen) atoms. The molecule has 4 aromatic rings. The Morgan fingerprint density at radius 1 is 1.14 bits per heavy atom. The van der Waals surface area contributed by atoms with Gasteiger partial charge in [-0.05, 0) is 38.1 Å². The third-order valence-corrected chi connectivity index (χ3v) is 5.43. The van der Waals surface area contributed by atoms with E-state index in [2.05, 4.69) is 37.1 Å². The molecule has 0 aliphatic rings. The Labute approximate surface area is 202 Å². The van der Waals surface area contributed by atoms with Crippen LogP contribution >= 0.6 is 0 Å². The zero-order valence-electron chi connectivity index (χ0n) is 19.9. The van der Waals surface area contributed by atoms with Crippen LogP contribution in [0.15, 0.2) is 36.8 Å². The van der Waals surface area contributed by atoms with E-state index in [1.54, 1.807) is 43.9 Å². The van der Waals surface area contributed by atoms with E-state index < -0.39 is 0 Å². The minimum atomic E-state index is -0.386. The van der Waals surface area contributed by atoms with Crippen molar-refractivity contribution in [1.29, 1.82) is 0 Å². The molecule has 3 N–H and O–H groups in total. The number of imidazole rings is 1. The predicted octanol–water partition coefficient (Wildman–Crippen LogP) is 2.73.